The molecule has 23 rings (SSSR count). The standard InChI is InChI=1S/C58H38.C34H21Br.C30H29BO2.2CH4/c1-2-14-39(15-3-1)41-18-10-19-42(34-41)43-20-11-21-44(35-43)45-22-12-23-46(36-45)47-30-31-49-38-50(33-32-48(49)37-47)57-53-25-6-8-27-55(53)58(56-28-9-7-26-54(56)57)52-29-13-17-40-16-4-5-24-51(40)52;35-26-19-18-23-20-25(17-16-24(23)21-26)33-29-11-3-5-13-31(29)34(32-14-6-4-12-30(32)33)28-15-7-9-22-8-1-2-10-27(22)28;1-29(2)30(3,4)33-31(32-29)28-18-10-17-27(21-28)26-16-9-15-25(20-26)24-14-8-13-23(19-24)22-11-6-5-7-12-22;;/h1-38H;1-21H;5-21H,1-4H3;2*1H4. The topological polar surface area (TPSA) is 18.5 Å². The molecule has 1 aliphatic heterocycles. The highest BCUT2D eigenvalue weighted by Crippen LogP contribution is 2.49. The molecule has 1 fully saturated rings. The van der Waals surface area contributed by atoms with Gasteiger partial charge in [-0.25, -0.2) is 0 Å². The summed E-state index contributed by atoms with van der Waals surface area (Å²) in [6.45, 7) is 8.35. The lowest BCUT2D eigenvalue weighted by molar-refractivity contribution is 0.00578. The zero-order valence-corrected chi connectivity index (χ0v) is 72.2. The number of halogens is 1. The molecule has 0 atom stereocenters. The van der Waals surface area contributed by atoms with Gasteiger partial charge in [-0.3, -0.25) is 0 Å². The van der Waals surface area contributed by atoms with E-state index in [0.717, 1.165) is 15.5 Å². The fraction of sp³-hybridized carbons (Fsp3) is 0.0645. The molecule has 0 aliphatic carbocycles. The molecule has 22 aromatic carbocycles. The first-order valence-electron chi connectivity index (χ1n) is 43.5. The maximum Gasteiger partial charge on any atom is 0.494 e. The molecule has 0 radical (unpaired) electrons. The van der Waals surface area contributed by atoms with E-state index >= 15 is 0 Å². The molecule has 0 N–H and O–H groups in total. The van der Waals surface area contributed by atoms with Gasteiger partial charge in [0.25, 0.3) is 0 Å². The predicted molar refractivity (Wildman–Crippen MR) is 556 cm³/mol. The Morgan fingerprint density at radius 3 is 0.766 bits per heavy atom. The van der Waals surface area contributed by atoms with Crippen LogP contribution in [0.5, 0.6) is 0 Å². The minimum Gasteiger partial charge on any atom is -0.399 e. The SMILES string of the molecule is Brc1ccc2cc(-c3c4ccccc4c(-c4cccc5ccccc45)c4ccccc34)ccc2c1.C.C.CC1(C)OB(c2cccc(-c3cccc(-c4cccc(-c5ccccc5)c4)c3)c2)OC1(C)C.c1ccc(-c2cccc(-c3cccc(-c4cccc(-c5ccc6cc(-c7c8ccccc8c(-c8cccc9ccccc89)c8ccccc78)ccc6c5)c4)c3)c2)cc1. The lowest BCUT2D eigenvalue weighted by Gasteiger charge is -2.32. The average molecular weight is 1710 g/mol. The van der Waals surface area contributed by atoms with Crippen LogP contribution < -0.4 is 5.46 Å². The first-order valence-corrected chi connectivity index (χ1v) is 44.3. The molecule has 614 valence electrons. The quantitative estimate of drug-likeness (QED) is 0.0897. The van der Waals surface area contributed by atoms with Crippen molar-refractivity contribution in [3.05, 3.63) is 466 Å². The van der Waals surface area contributed by atoms with E-state index in [1.807, 2.05) is 0 Å². The Bertz CT molecular complexity index is 7800. The van der Waals surface area contributed by atoms with Gasteiger partial charge in [-0.2, -0.15) is 0 Å². The normalized spacial score (nSPS) is 12.6. The van der Waals surface area contributed by atoms with Crippen LogP contribution in [0.1, 0.15) is 42.5 Å². The Hall–Kier alpha value is -14.6. The van der Waals surface area contributed by atoms with Crippen LogP contribution in [-0.4, -0.2) is 18.3 Å². The van der Waals surface area contributed by atoms with E-state index in [4.69, 9.17) is 9.31 Å². The molecule has 1 saturated heterocycles. The van der Waals surface area contributed by atoms with Crippen LogP contribution in [0.3, 0.4) is 0 Å². The van der Waals surface area contributed by atoms with Gasteiger partial charge in [0.15, 0.2) is 0 Å². The molecular weight excluding hydrogens is 1610 g/mol. The van der Waals surface area contributed by atoms with Gasteiger partial charge in [0.05, 0.1) is 11.2 Å². The minimum absolute atomic E-state index is 0. The second kappa shape index (κ2) is 35.4. The van der Waals surface area contributed by atoms with E-state index in [0.29, 0.717) is 0 Å². The van der Waals surface area contributed by atoms with Crippen LogP contribution in [0.4, 0.5) is 0 Å². The molecule has 0 unspecified atom stereocenters. The first kappa shape index (κ1) is 83.0. The van der Waals surface area contributed by atoms with Crippen molar-refractivity contribution >= 4 is 115 Å². The molecule has 0 amide bonds. The Kier molecular flexibility index (Phi) is 23.0. The summed E-state index contributed by atoms with van der Waals surface area (Å²) >= 11 is 3.61. The maximum atomic E-state index is 6.27. The van der Waals surface area contributed by atoms with Gasteiger partial charge in [-0.05, 0) is 302 Å². The summed E-state index contributed by atoms with van der Waals surface area (Å²) in [7, 11) is -0.360. The number of rotatable bonds is 12. The van der Waals surface area contributed by atoms with Crippen molar-refractivity contribution in [3.8, 4) is 122 Å². The average Bonchev–Trinajstić information content (AvgIpc) is 0.994. The molecule has 22 aromatic rings. The molecule has 0 aromatic heterocycles. The zero-order chi connectivity index (χ0) is 84.8. The fourth-order valence-electron chi connectivity index (χ4n) is 18.8. The smallest absolute Gasteiger partial charge is 0.399 e. The van der Waals surface area contributed by atoms with Crippen molar-refractivity contribution in [1.82, 2.24) is 0 Å². The van der Waals surface area contributed by atoms with Crippen LogP contribution in [0.2, 0.25) is 0 Å². The maximum absolute atomic E-state index is 6.27. The van der Waals surface area contributed by atoms with E-state index in [1.54, 1.807) is 0 Å². The van der Waals surface area contributed by atoms with E-state index < -0.39 is 0 Å². The summed E-state index contributed by atoms with van der Waals surface area (Å²) in [5.74, 6) is 0. The summed E-state index contributed by atoms with van der Waals surface area (Å²) in [6, 6.07) is 167. The van der Waals surface area contributed by atoms with Crippen molar-refractivity contribution in [3.63, 3.8) is 0 Å². The summed E-state index contributed by atoms with van der Waals surface area (Å²) in [5, 5.41) is 20.3. The molecule has 0 saturated carbocycles. The molecule has 1 heterocycles. The highest BCUT2D eigenvalue weighted by Gasteiger charge is 2.51. The van der Waals surface area contributed by atoms with E-state index in [-0.39, 0.29) is 33.2 Å². The Labute approximate surface area is 760 Å². The minimum atomic E-state index is -0.360. The fourth-order valence-corrected chi connectivity index (χ4v) is 19.2. The highest BCUT2D eigenvalue weighted by atomic mass is 79.9. The van der Waals surface area contributed by atoms with E-state index in [2.05, 4.69) is 505 Å². The summed E-state index contributed by atoms with van der Waals surface area (Å²) in [5.41, 5.74) is 27.5. The van der Waals surface area contributed by atoms with Crippen molar-refractivity contribution in [2.75, 3.05) is 0 Å². The number of hydrogen-bond donors (Lipinski definition) is 0. The van der Waals surface area contributed by atoms with Gasteiger partial charge < -0.3 is 9.31 Å². The third kappa shape index (κ3) is 16.1. The van der Waals surface area contributed by atoms with Crippen LogP contribution in [-0.2, 0) is 9.31 Å². The lowest BCUT2D eigenvalue weighted by Crippen LogP contribution is -2.41. The zero-order valence-electron chi connectivity index (χ0n) is 70.7. The Balaban J connectivity index is 0.000000132. The Morgan fingerprint density at radius 2 is 0.414 bits per heavy atom. The molecule has 128 heavy (non-hydrogen) atoms. The summed E-state index contributed by atoms with van der Waals surface area (Å²) in [4.78, 5) is 0. The van der Waals surface area contributed by atoms with Gasteiger partial charge in [0.2, 0.25) is 0 Å². The second-order valence-electron chi connectivity index (χ2n) is 34.1. The third-order valence-electron chi connectivity index (χ3n) is 25.8. The number of benzene rings is 22. The third-order valence-corrected chi connectivity index (χ3v) is 26.3. The van der Waals surface area contributed by atoms with Gasteiger partial charge >= 0.3 is 7.12 Å². The Morgan fingerprint density at radius 1 is 0.180 bits per heavy atom. The number of fused-ring (bicyclic) bond motifs is 8. The molecule has 4 heteroatoms. The van der Waals surface area contributed by atoms with Crippen LogP contribution in [0.25, 0.3) is 209 Å². The summed E-state index contributed by atoms with van der Waals surface area (Å²) < 4.78 is 13.6. The highest BCUT2D eigenvalue weighted by molar-refractivity contribution is 9.10. The van der Waals surface area contributed by atoms with Crippen LogP contribution in [0, 0.1) is 0 Å². The van der Waals surface area contributed by atoms with Gasteiger partial charge in [-0.15, -0.1) is 0 Å². The van der Waals surface area contributed by atoms with Crippen LogP contribution in [0.15, 0.2) is 466 Å². The predicted octanol–water partition coefficient (Wildman–Crippen LogP) is 35.0. The van der Waals surface area contributed by atoms with Crippen molar-refractivity contribution in [2.45, 2.75) is 53.8 Å². The lowest BCUT2D eigenvalue weighted by atomic mass is 9.78. The second-order valence-corrected chi connectivity index (χ2v) is 35.0. The molecule has 2 nitrogen and oxygen atoms in total. The van der Waals surface area contributed by atoms with Crippen molar-refractivity contribution < 1.29 is 9.31 Å². The largest absolute Gasteiger partial charge is 0.494 e. The molecule has 0 spiro atoms. The summed E-state index contributed by atoms with van der Waals surface area (Å²) in [6.07, 6.45) is 0. The van der Waals surface area contributed by atoms with Gasteiger partial charge in [-0.1, -0.05) is 431 Å². The monoisotopic (exact) mass is 1710 g/mol. The van der Waals surface area contributed by atoms with Crippen molar-refractivity contribution in [2.24, 2.45) is 0 Å². The molecule has 1 aliphatic rings. The number of hydrogen-bond acceptors (Lipinski definition) is 2. The molecule has 0 bridgehead atoms. The van der Waals surface area contributed by atoms with Crippen molar-refractivity contribution in [1.29, 1.82) is 0 Å². The van der Waals surface area contributed by atoms with E-state index in [9.17, 15) is 0 Å². The van der Waals surface area contributed by atoms with Gasteiger partial charge in [0.1, 0.15) is 0 Å². The molecular formula is C124H96BBrO2. The van der Waals surface area contributed by atoms with Crippen LogP contribution >= 0.6 is 15.9 Å². The first-order chi connectivity index (χ1) is 61.8. The van der Waals surface area contributed by atoms with E-state index in [1.165, 1.54) is 203 Å². The van der Waals surface area contributed by atoms with Gasteiger partial charge in [0, 0.05) is 4.47 Å².